The molecule has 1 aromatic carbocycles. The lowest BCUT2D eigenvalue weighted by Gasteiger charge is -2.25. The highest BCUT2D eigenvalue weighted by Crippen LogP contribution is 2.29. The van der Waals surface area contributed by atoms with E-state index in [4.69, 9.17) is 9.47 Å². The van der Waals surface area contributed by atoms with E-state index in [0.29, 0.717) is 12.3 Å². The molecule has 26 heavy (non-hydrogen) atoms. The summed E-state index contributed by atoms with van der Waals surface area (Å²) in [5, 5.41) is 10.6. The Labute approximate surface area is 154 Å². The summed E-state index contributed by atoms with van der Waals surface area (Å²) < 4.78 is 34.0. The summed E-state index contributed by atoms with van der Waals surface area (Å²) in [6.45, 7) is 7.73. The van der Waals surface area contributed by atoms with E-state index in [0.717, 1.165) is 6.26 Å². The first-order valence-corrected chi connectivity index (χ1v) is 10.3. The van der Waals surface area contributed by atoms with Crippen LogP contribution in [0.4, 0.5) is 4.79 Å². The van der Waals surface area contributed by atoms with Gasteiger partial charge in [0.25, 0.3) is 0 Å². The molecule has 8 heteroatoms. The molecule has 0 saturated carbocycles. The van der Waals surface area contributed by atoms with Crippen LogP contribution in [-0.2, 0) is 14.6 Å². The number of hydrogen-bond acceptors (Lipinski definition) is 6. The SMILES string of the molecule is CC(C)(C)OC(=O)N1C[C@@H](COc2ccc(S(C)(=O)=O)cc2)[C@@](C)(O)C1. The number of sulfone groups is 1. The van der Waals surface area contributed by atoms with Crippen LogP contribution in [0, 0.1) is 5.92 Å². The zero-order valence-corrected chi connectivity index (χ0v) is 16.7. The van der Waals surface area contributed by atoms with Crippen LogP contribution in [-0.4, -0.2) is 61.7 Å². The molecular weight excluding hydrogens is 358 g/mol. The van der Waals surface area contributed by atoms with Gasteiger partial charge in [0.2, 0.25) is 0 Å². The highest BCUT2D eigenvalue weighted by molar-refractivity contribution is 7.90. The minimum Gasteiger partial charge on any atom is -0.493 e. The van der Waals surface area contributed by atoms with Gasteiger partial charge in [-0.1, -0.05) is 0 Å². The van der Waals surface area contributed by atoms with E-state index in [1.54, 1.807) is 39.8 Å². The molecule has 0 bridgehead atoms. The fourth-order valence-corrected chi connectivity index (χ4v) is 3.35. The lowest BCUT2D eigenvalue weighted by molar-refractivity contribution is 0.00623. The topological polar surface area (TPSA) is 93.1 Å². The van der Waals surface area contributed by atoms with E-state index in [2.05, 4.69) is 0 Å². The Morgan fingerprint density at radius 2 is 1.88 bits per heavy atom. The number of rotatable bonds is 4. The lowest BCUT2D eigenvalue weighted by atomic mass is 9.94. The number of likely N-dealkylation sites (tertiary alicyclic amines) is 1. The fourth-order valence-electron chi connectivity index (χ4n) is 2.72. The van der Waals surface area contributed by atoms with Gasteiger partial charge in [-0.3, -0.25) is 0 Å². The molecular formula is C18H27NO6S. The number of hydrogen-bond donors (Lipinski definition) is 1. The number of β-amino-alcohol motifs (C(OH)–C–C–N with tert-alkyl or cyclic N) is 1. The number of nitrogens with zero attached hydrogens (tertiary/aromatic N) is 1. The van der Waals surface area contributed by atoms with Crippen molar-refractivity contribution >= 4 is 15.9 Å². The van der Waals surface area contributed by atoms with E-state index in [-0.39, 0.29) is 24.0 Å². The molecule has 7 nitrogen and oxygen atoms in total. The van der Waals surface area contributed by atoms with Gasteiger partial charge in [0, 0.05) is 18.7 Å². The van der Waals surface area contributed by atoms with Crippen molar-refractivity contribution < 1.29 is 27.8 Å². The molecule has 0 radical (unpaired) electrons. The largest absolute Gasteiger partial charge is 0.493 e. The summed E-state index contributed by atoms with van der Waals surface area (Å²) in [6.07, 6.45) is 0.682. The van der Waals surface area contributed by atoms with Crippen LogP contribution in [0.3, 0.4) is 0 Å². The summed E-state index contributed by atoms with van der Waals surface area (Å²) in [5.74, 6) is 0.216. The molecule has 0 unspecified atom stereocenters. The van der Waals surface area contributed by atoms with Crippen LogP contribution >= 0.6 is 0 Å². The van der Waals surface area contributed by atoms with Gasteiger partial charge in [0.15, 0.2) is 9.84 Å². The number of benzene rings is 1. The zero-order chi connectivity index (χ0) is 19.8. The smallest absolute Gasteiger partial charge is 0.410 e. The van der Waals surface area contributed by atoms with E-state index in [1.165, 1.54) is 17.0 Å². The molecule has 1 N–H and O–H groups in total. The van der Waals surface area contributed by atoms with E-state index < -0.39 is 27.1 Å². The number of aliphatic hydroxyl groups is 1. The highest BCUT2D eigenvalue weighted by atomic mass is 32.2. The maximum absolute atomic E-state index is 12.2. The molecule has 1 saturated heterocycles. The van der Waals surface area contributed by atoms with Gasteiger partial charge in [0.05, 0.1) is 23.6 Å². The second-order valence-electron chi connectivity index (χ2n) is 7.97. The van der Waals surface area contributed by atoms with Crippen molar-refractivity contribution in [3.63, 3.8) is 0 Å². The molecule has 0 spiro atoms. The number of amides is 1. The summed E-state index contributed by atoms with van der Waals surface area (Å²) >= 11 is 0. The van der Waals surface area contributed by atoms with Crippen LogP contribution in [0.2, 0.25) is 0 Å². The van der Waals surface area contributed by atoms with Crippen molar-refractivity contribution in [3.8, 4) is 5.75 Å². The number of ether oxygens (including phenoxy) is 2. The van der Waals surface area contributed by atoms with Gasteiger partial charge in [-0.15, -0.1) is 0 Å². The first kappa shape index (κ1) is 20.5. The first-order valence-electron chi connectivity index (χ1n) is 8.41. The van der Waals surface area contributed by atoms with E-state index in [9.17, 15) is 18.3 Å². The summed E-state index contributed by atoms with van der Waals surface area (Å²) in [6, 6.07) is 6.10. The normalized spacial score (nSPS) is 23.8. The van der Waals surface area contributed by atoms with Crippen LogP contribution in [0.5, 0.6) is 5.75 Å². The second kappa shape index (κ2) is 7.08. The molecule has 0 aromatic heterocycles. The van der Waals surface area contributed by atoms with Crippen molar-refractivity contribution in [1.82, 2.24) is 4.90 Å². The van der Waals surface area contributed by atoms with Gasteiger partial charge in [-0.25, -0.2) is 13.2 Å². The maximum Gasteiger partial charge on any atom is 0.410 e. The van der Waals surface area contributed by atoms with Crippen molar-refractivity contribution in [2.24, 2.45) is 5.92 Å². The van der Waals surface area contributed by atoms with Crippen LogP contribution in [0.25, 0.3) is 0 Å². The monoisotopic (exact) mass is 385 g/mol. The Bertz CT molecular complexity index is 749. The predicted molar refractivity (Wildman–Crippen MR) is 97.0 cm³/mol. The van der Waals surface area contributed by atoms with Crippen molar-refractivity contribution in [1.29, 1.82) is 0 Å². The zero-order valence-electron chi connectivity index (χ0n) is 15.9. The van der Waals surface area contributed by atoms with E-state index >= 15 is 0 Å². The molecule has 1 fully saturated rings. The summed E-state index contributed by atoms with van der Waals surface area (Å²) in [4.78, 5) is 13.9. The highest BCUT2D eigenvalue weighted by Gasteiger charge is 2.44. The molecule has 2 atom stereocenters. The standard InChI is InChI=1S/C18H27NO6S/c1-17(2,3)25-16(20)19-10-13(18(4,21)12-19)11-24-14-6-8-15(9-7-14)26(5,22)23/h6-9,13,21H,10-12H2,1-5H3/t13-,18-/m0/s1. The van der Waals surface area contributed by atoms with Gasteiger partial charge < -0.3 is 19.5 Å². The molecule has 0 aliphatic carbocycles. The summed E-state index contributed by atoms with van der Waals surface area (Å²) in [5.41, 5.74) is -1.69. The fraction of sp³-hybridized carbons (Fsp3) is 0.611. The lowest BCUT2D eigenvalue weighted by Crippen LogP contribution is -2.39. The van der Waals surface area contributed by atoms with Gasteiger partial charge >= 0.3 is 6.09 Å². The average Bonchev–Trinajstić information content (AvgIpc) is 2.78. The number of carbonyl (C=O) groups excluding carboxylic acids is 1. The van der Waals surface area contributed by atoms with Crippen LogP contribution in [0.1, 0.15) is 27.7 Å². The third-order valence-electron chi connectivity index (χ3n) is 4.19. The molecule has 1 amide bonds. The second-order valence-corrected chi connectivity index (χ2v) is 9.99. The third kappa shape index (κ3) is 5.35. The Kier molecular flexibility index (Phi) is 5.58. The van der Waals surface area contributed by atoms with E-state index in [1.807, 2.05) is 0 Å². The van der Waals surface area contributed by atoms with Gasteiger partial charge in [-0.2, -0.15) is 0 Å². The quantitative estimate of drug-likeness (QED) is 0.853. The molecule has 146 valence electrons. The Morgan fingerprint density at radius 3 is 2.38 bits per heavy atom. The first-order chi connectivity index (χ1) is 11.8. The number of carbonyl (C=O) groups is 1. The van der Waals surface area contributed by atoms with Crippen molar-refractivity contribution in [2.45, 2.75) is 43.8 Å². The Morgan fingerprint density at radius 1 is 1.31 bits per heavy atom. The van der Waals surface area contributed by atoms with Crippen molar-refractivity contribution in [3.05, 3.63) is 24.3 Å². The Balaban J connectivity index is 1.98. The average molecular weight is 385 g/mol. The Hall–Kier alpha value is -1.80. The van der Waals surface area contributed by atoms with Gasteiger partial charge in [-0.05, 0) is 52.0 Å². The van der Waals surface area contributed by atoms with Gasteiger partial charge in [0.1, 0.15) is 11.4 Å². The molecule has 1 aliphatic rings. The molecule has 2 rings (SSSR count). The molecule has 1 heterocycles. The molecule has 1 aromatic rings. The summed E-state index contributed by atoms with van der Waals surface area (Å²) in [7, 11) is -3.25. The minimum atomic E-state index is -3.25. The van der Waals surface area contributed by atoms with Crippen LogP contribution < -0.4 is 4.74 Å². The maximum atomic E-state index is 12.2. The third-order valence-corrected chi connectivity index (χ3v) is 5.31. The molecule has 1 aliphatic heterocycles. The minimum absolute atomic E-state index is 0.170. The predicted octanol–water partition coefficient (Wildman–Crippen LogP) is 2.09. The van der Waals surface area contributed by atoms with Crippen LogP contribution in [0.15, 0.2) is 29.2 Å². The van der Waals surface area contributed by atoms with Crippen molar-refractivity contribution in [2.75, 3.05) is 26.0 Å².